The standard InChI is InChI=1S/C18H16N4O/c23-18(20-10-14-9-13-3-1-2-4-15(13)14)16-11-21-22-17(16)12-5-7-19-8-6-12/h1-8,11,14H,9-10H2,(H,20,23)(H,21,22)/t14-/m0/s1. The molecule has 1 atom stereocenters. The number of hydrogen-bond acceptors (Lipinski definition) is 3. The minimum atomic E-state index is -0.102. The van der Waals surface area contributed by atoms with Crippen LogP contribution in [-0.2, 0) is 6.42 Å². The minimum absolute atomic E-state index is 0.102. The summed E-state index contributed by atoms with van der Waals surface area (Å²) in [7, 11) is 0. The lowest BCUT2D eigenvalue weighted by Gasteiger charge is -2.30. The third-order valence-electron chi connectivity index (χ3n) is 4.32. The Morgan fingerprint density at radius 2 is 2.04 bits per heavy atom. The first-order valence-electron chi connectivity index (χ1n) is 7.62. The second kappa shape index (κ2) is 5.68. The lowest BCUT2D eigenvalue weighted by Crippen LogP contribution is -2.33. The van der Waals surface area contributed by atoms with E-state index < -0.39 is 0 Å². The Balaban J connectivity index is 1.46. The van der Waals surface area contributed by atoms with Gasteiger partial charge in [0.2, 0.25) is 0 Å². The zero-order chi connectivity index (χ0) is 15.6. The van der Waals surface area contributed by atoms with E-state index in [0.717, 1.165) is 17.7 Å². The summed E-state index contributed by atoms with van der Waals surface area (Å²) in [4.78, 5) is 16.5. The van der Waals surface area contributed by atoms with Gasteiger partial charge < -0.3 is 5.32 Å². The summed E-state index contributed by atoms with van der Waals surface area (Å²) < 4.78 is 0. The summed E-state index contributed by atoms with van der Waals surface area (Å²) in [5.41, 5.74) is 4.90. The first-order chi connectivity index (χ1) is 11.3. The summed E-state index contributed by atoms with van der Waals surface area (Å²) in [6, 6.07) is 12.1. The van der Waals surface area contributed by atoms with Gasteiger partial charge in [0.15, 0.2) is 0 Å². The highest BCUT2D eigenvalue weighted by molar-refractivity contribution is 5.99. The number of carbonyl (C=O) groups excluding carboxylic acids is 1. The lowest BCUT2D eigenvalue weighted by molar-refractivity contribution is 0.0951. The zero-order valence-corrected chi connectivity index (χ0v) is 12.5. The second-order valence-electron chi connectivity index (χ2n) is 5.70. The predicted octanol–water partition coefficient (Wildman–Crippen LogP) is 2.54. The number of carbonyl (C=O) groups is 1. The van der Waals surface area contributed by atoms with Crippen molar-refractivity contribution >= 4 is 5.91 Å². The fourth-order valence-electron chi connectivity index (χ4n) is 3.05. The summed E-state index contributed by atoms with van der Waals surface area (Å²) in [6.45, 7) is 0.650. The lowest BCUT2D eigenvalue weighted by atomic mass is 9.77. The monoisotopic (exact) mass is 304 g/mol. The number of aromatic amines is 1. The summed E-state index contributed by atoms with van der Waals surface area (Å²) >= 11 is 0. The van der Waals surface area contributed by atoms with Gasteiger partial charge in [-0.05, 0) is 29.7 Å². The Labute approximate surface area is 133 Å². The first-order valence-corrected chi connectivity index (χ1v) is 7.62. The van der Waals surface area contributed by atoms with Crippen LogP contribution in [0.25, 0.3) is 11.3 Å². The number of hydrogen-bond donors (Lipinski definition) is 2. The molecule has 0 bridgehead atoms. The molecule has 0 radical (unpaired) electrons. The van der Waals surface area contributed by atoms with Gasteiger partial charge in [-0.2, -0.15) is 5.10 Å². The van der Waals surface area contributed by atoms with E-state index in [0.29, 0.717) is 18.0 Å². The molecule has 2 N–H and O–H groups in total. The van der Waals surface area contributed by atoms with Crippen molar-refractivity contribution in [2.45, 2.75) is 12.3 Å². The topological polar surface area (TPSA) is 70.7 Å². The van der Waals surface area contributed by atoms with E-state index in [-0.39, 0.29) is 5.91 Å². The van der Waals surface area contributed by atoms with Gasteiger partial charge in [-0.1, -0.05) is 24.3 Å². The highest BCUT2D eigenvalue weighted by Crippen LogP contribution is 2.34. The van der Waals surface area contributed by atoms with Crippen LogP contribution in [0.3, 0.4) is 0 Å². The Hall–Kier alpha value is -2.95. The van der Waals surface area contributed by atoms with E-state index in [1.807, 2.05) is 18.2 Å². The van der Waals surface area contributed by atoms with Crippen LogP contribution in [0.1, 0.15) is 27.4 Å². The Morgan fingerprint density at radius 1 is 1.22 bits per heavy atom. The van der Waals surface area contributed by atoms with E-state index in [2.05, 4.69) is 38.7 Å². The normalized spacial score (nSPS) is 15.6. The number of nitrogens with one attached hydrogen (secondary N) is 2. The molecule has 0 fully saturated rings. The van der Waals surface area contributed by atoms with E-state index in [4.69, 9.17) is 0 Å². The van der Waals surface area contributed by atoms with Crippen molar-refractivity contribution in [3.05, 3.63) is 71.7 Å². The number of fused-ring (bicyclic) bond motifs is 1. The Kier molecular flexibility index (Phi) is 3.38. The molecular formula is C18H16N4O. The van der Waals surface area contributed by atoms with Crippen molar-refractivity contribution in [2.24, 2.45) is 0 Å². The van der Waals surface area contributed by atoms with Gasteiger partial charge in [0.25, 0.3) is 5.91 Å². The second-order valence-corrected chi connectivity index (χ2v) is 5.70. The van der Waals surface area contributed by atoms with Crippen LogP contribution in [0, 0.1) is 0 Å². The fourth-order valence-corrected chi connectivity index (χ4v) is 3.05. The van der Waals surface area contributed by atoms with Gasteiger partial charge >= 0.3 is 0 Å². The Bertz CT molecular complexity index is 841. The SMILES string of the molecule is O=C(NC[C@@H]1Cc2ccccc21)c1cn[nH]c1-c1ccncc1. The highest BCUT2D eigenvalue weighted by atomic mass is 16.1. The number of nitrogens with zero attached hydrogens (tertiary/aromatic N) is 2. The summed E-state index contributed by atoms with van der Waals surface area (Å²) in [6.07, 6.45) is 5.99. The van der Waals surface area contributed by atoms with Crippen molar-refractivity contribution < 1.29 is 4.79 Å². The molecule has 4 rings (SSSR count). The van der Waals surface area contributed by atoms with Crippen molar-refractivity contribution in [3.63, 3.8) is 0 Å². The molecule has 23 heavy (non-hydrogen) atoms. The number of rotatable bonds is 4. The average molecular weight is 304 g/mol. The quantitative estimate of drug-likeness (QED) is 0.778. The molecule has 1 amide bonds. The molecule has 1 aliphatic carbocycles. The third kappa shape index (κ3) is 2.50. The maximum atomic E-state index is 12.5. The van der Waals surface area contributed by atoms with Gasteiger partial charge in [-0.3, -0.25) is 14.9 Å². The molecule has 3 aromatic rings. The molecule has 5 nitrogen and oxygen atoms in total. The van der Waals surface area contributed by atoms with Crippen LogP contribution < -0.4 is 5.32 Å². The van der Waals surface area contributed by atoms with E-state index in [1.54, 1.807) is 18.6 Å². The van der Waals surface area contributed by atoms with E-state index in [9.17, 15) is 4.79 Å². The molecular weight excluding hydrogens is 288 g/mol. The number of amides is 1. The Morgan fingerprint density at radius 3 is 2.87 bits per heavy atom. The molecule has 114 valence electrons. The molecule has 0 saturated heterocycles. The zero-order valence-electron chi connectivity index (χ0n) is 12.5. The molecule has 1 aliphatic rings. The van der Waals surface area contributed by atoms with Gasteiger partial charge in [0.05, 0.1) is 17.5 Å². The largest absolute Gasteiger partial charge is 0.351 e. The molecule has 1 aromatic carbocycles. The minimum Gasteiger partial charge on any atom is -0.351 e. The third-order valence-corrected chi connectivity index (χ3v) is 4.32. The van der Waals surface area contributed by atoms with Crippen LogP contribution in [-0.4, -0.2) is 27.6 Å². The molecule has 0 spiro atoms. The molecule has 5 heteroatoms. The van der Waals surface area contributed by atoms with Crippen LogP contribution in [0.5, 0.6) is 0 Å². The average Bonchev–Trinajstić information content (AvgIpc) is 3.06. The van der Waals surface area contributed by atoms with Crippen LogP contribution in [0.2, 0.25) is 0 Å². The van der Waals surface area contributed by atoms with Crippen molar-refractivity contribution in [1.29, 1.82) is 0 Å². The van der Waals surface area contributed by atoms with Gasteiger partial charge in [-0.15, -0.1) is 0 Å². The number of H-pyrrole nitrogens is 1. The number of aromatic nitrogens is 3. The van der Waals surface area contributed by atoms with Gasteiger partial charge in [0.1, 0.15) is 0 Å². The van der Waals surface area contributed by atoms with Gasteiger partial charge in [-0.25, -0.2) is 0 Å². The first kappa shape index (κ1) is 13.7. The maximum absolute atomic E-state index is 12.5. The van der Waals surface area contributed by atoms with Gasteiger partial charge in [0, 0.05) is 30.4 Å². The molecule has 2 aromatic heterocycles. The number of benzene rings is 1. The molecule has 0 aliphatic heterocycles. The summed E-state index contributed by atoms with van der Waals surface area (Å²) in [5, 5.41) is 9.93. The number of pyridine rings is 1. The van der Waals surface area contributed by atoms with Crippen LogP contribution in [0.4, 0.5) is 0 Å². The smallest absolute Gasteiger partial charge is 0.255 e. The van der Waals surface area contributed by atoms with Crippen molar-refractivity contribution in [3.8, 4) is 11.3 Å². The van der Waals surface area contributed by atoms with Crippen molar-refractivity contribution in [2.75, 3.05) is 6.54 Å². The van der Waals surface area contributed by atoms with Crippen molar-refractivity contribution in [1.82, 2.24) is 20.5 Å². The van der Waals surface area contributed by atoms with E-state index in [1.165, 1.54) is 11.1 Å². The molecule has 0 saturated carbocycles. The predicted molar refractivity (Wildman–Crippen MR) is 87.0 cm³/mol. The van der Waals surface area contributed by atoms with Crippen LogP contribution in [0.15, 0.2) is 55.0 Å². The maximum Gasteiger partial charge on any atom is 0.255 e. The van der Waals surface area contributed by atoms with Crippen LogP contribution >= 0.6 is 0 Å². The fraction of sp³-hybridized carbons (Fsp3) is 0.167. The summed E-state index contributed by atoms with van der Waals surface area (Å²) in [5.74, 6) is 0.307. The highest BCUT2D eigenvalue weighted by Gasteiger charge is 2.26. The molecule has 0 unspecified atom stereocenters. The molecule has 2 heterocycles. The van der Waals surface area contributed by atoms with E-state index >= 15 is 0 Å².